The third-order valence-corrected chi connectivity index (χ3v) is 4.05. The van der Waals surface area contributed by atoms with Crippen LogP contribution < -0.4 is 15.0 Å². The second kappa shape index (κ2) is 7.93. The summed E-state index contributed by atoms with van der Waals surface area (Å²) < 4.78 is 19.2. The first-order valence-corrected chi connectivity index (χ1v) is 8.43. The summed E-state index contributed by atoms with van der Waals surface area (Å²) in [5.41, 5.74) is -0.220. The highest BCUT2D eigenvalue weighted by molar-refractivity contribution is 6.39. The molecule has 148 valence electrons. The molecule has 1 aliphatic heterocycles. The van der Waals surface area contributed by atoms with E-state index in [0.29, 0.717) is 10.5 Å². The van der Waals surface area contributed by atoms with E-state index in [1.165, 1.54) is 55.5 Å². The molecular formula is C20H15FN2O6. The molecule has 1 saturated heterocycles. The van der Waals surface area contributed by atoms with Crippen molar-refractivity contribution >= 4 is 35.6 Å². The minimum Gasteiger partial charge on any atom is -0.479 e. The molecule has 1 heterocycles. The van der Waals surface area contributed by atoms with Crippen LogP contribution in [0.3, 0.4) is 0 Å². The van der Waals surface area contributed by atoms with Crippen molar-refractivity contribution < 1.29 is 33.4 Å². The van der Waals surface area contributed by atoms with Crippen molar-refractivity contribution in [2.75, 3.05) is 4.90 Å². The Labute approximate surface area is 164 Å². The summed E-state index contributed by atoms with van der Waals surface area (Å²) in [6, 6.07) is 10.1. The number of urea groups is 1. The second-order valence-corrected chi connectivity index (χ2v) is 6.08. The Kier molecular flexibility index (Phi) is 5.40. The van der Waals surface area contributed by atoms with Gasteiger partial charge in [-0.25, -0.2) is 18.9 Å². The number of nitrogens with zero attached hydrogens (tertiary/aromatic N) is 1. The number of carbonyl (C=O) groups excluding carboxylic acids is 3. The molecule has 1 aliphatic rings. The molecule has 1 unspecified atom stereocenters. The number of para-hydroxylation sites is 1. The lowest BCUT2D eigenvalue weighted by atomic mass is 10.1. The van der Waals surface area contributed by atoms with Gasteiger partial charge in [-0.05, 0) is 42.8 Å². The van der Waals surface area contributed by atoms with E-state index in [4.69, 9.17) is 9.84 Å². The number of carbonyl (C=O) groups is 4. The van der Waals surface area contributed by atoms with Crippen LogP contribution in [0.2, 0.25) is 0 Å². The predicted octanol–water partition coefficient (Wildman–Crippen LogP) is 2.34. The topological polar surface area (TPSA) is 113 Å². The summed E-state index contributed by atoms with van der Waals surface area (Å²) in [4.78, 5) is 48.3. The van der Waals surface area contributed by atoms with E-state index in [2.05, 4.69) is 0 Å². The largest absolute Gasteiger partial charge is 0.479 e. The molecule has 0 spiro atoms. The molecule has 3 rings (SSSR count). The van der Waals surface area contributed by atoms with Gasteiger partial charge in [-0.15, -0.1) is 0 Å². The molecule has 0 radical (unpaired) electrons. The number of carboxylic acid groups (broad SMARTS) is 1. The Morgan fingerprint density at radius 2 is 1.79 bits per heavy atom. The molecule has 2 aromatic rings. The minimum absolute atomic E-state index is 0.278. The summed E-state index contributed by atoms with van der Waals surface area (Å²) >= 11 is 0. The maximum atomic E-state index is 14.0. The van der Waals surface area contributed by atoms with Crippen molar-refractivity contribution in [3.05, 3.63) is 65.5 Å². The highest BCUT2D eigenvalue weighted by atomic mass is 19.1. The van der Waals surface area contributed by atoms with Gasteiger partial charge >= 0.3 is 12.0 Å². The molecule has 1 fully saturated rings. The molecule has 2 aromatic carbocycles. The predicted molar refractivity (Wildman–Crippen MR) is 99.6 cm³/mol. The summed E-state index contributed by atoms with van der Waals surface area (Å²) in [5.74, 6) is -3.52. The first kappa shape index (κ1) is 19.7. The molecule has 0 saturated carbocycles. The zero-order valence-corrected chi connectivity index (χ0v) is 15.1. The Morgan fingerprint density at radius 1 is 1.14 bits per heavy atom. The van der Waals surface area contributed by atoms with Gasteiger partial charge in [0, 0.05) is 0 Å². The van der Waals surface area contributed by atoms with Gasteiger partial charge in [0.1, 0.15) is 17.1 Å². The Balaban J connectivity index is 1.89. The molecule has 29 heavy (non-hydrogen) atoms. The molecule has 0 aliphatic carbocycles. The first-order valence-electron chi connectivity index (χ1n) is 8.43. The van der Waals surface area contributed by atoms with Gasteiger partial charge in [-0.2, -0.15) is 0 Å². The quantitative estimate of drug-likeness (QED) is 0.591. The number of aliphatic carboxylic acids is 1. The summed E-state index contributed by atoms with van der Waals surface area (Å²) in [6.07, 6.45) is 0.188. The molecule has 0 bridgehead atoms. The number of hydrogen-bond acceptors (Lipinski definition) is 5. The smallest absolute Gasteiger partial charge is 0.344 e. The Morgan fingerprint density at radius 3 is 2.41 bits per heavy atom. The van der Waals surface area contributed by atoms with Crippen LogP contribution in [0.1, 0.15) is 12.5 Å². The van der Waals surface area contributed by atoms with E-state index < -0.39 is 35.7 Å². The van der Waals surface area contributed by atoms with Crippen molar-refractivity contribution in [1.82, 2.24) is 5.32 Å². The zero-order valence-electron chi connectivity index (χ0n) is 15.1. The fourth-order valence-corrected chi connectivity index (χ4v) is 2.57. The number of imide groups is 2. The van der Waals surface area contributed by atoms with E-state index in [1.54, 1.807) is 0 Å². The first-order chi connectivity index (χ1) is 13.8. The number of anilines is 1. The van der Waals surface area contributed by atoms with Crippen molar-refractivity contribution in [2.24, 2.45) is 0 Å². The number of hydrogen-bond donors (Lipinski definition) is 2. The molecule has 9 heteroatoms. The fraction of sp³-hybridized carbons (Fsp3) is 0.100. The van der Waals surface area contributed by atoms with Gasteiger partial charge in [0.15, 0.2) is 6.10 Å². The standard InChI is InChI=1S/C20H15FN2O6/c1-11(19(26)27)29-13-8-6-12(7-9-13)10-14-17(24)22-20(28)23(18(14)25)16-5-3-2-4-15(16)21/h2-11H,1H3,(H,26,27)(H,22,24,28)/b14-10-. The van der Waals surface area contributed by atoms with Crippen LogP contribution in [0.4, 0.5) is 14.9 Å². The maximum Gasteiger partial charge on any atom is 0.344 e. The summed E-state index contributed by atoms with van der Waals surface area (Å²) in [7, 11) is 0. The van der Waals surface area contributed by atoms with Crippen LogP contribution in [0, 0.1) is 5.82 Å². The minimum atomic E-state index is -1.13. The number of rotatable bonds is 5. The van der Waals surface area contributed by atoms with Crippen molar-refractivity contribution in [3.63, 3.8) is 0 Å². The third-order valence-electron chi connectivity index (χ3n) is 4.05. The van der Waals surface area contributed by atoms with Crippen molar-refractivity contribution in [1.29, 1.82) is 0 Å². The van der Waals surface area contributed by atoms with Gasteiger partial charge in [0.2, 0.25) is 0 Å². The number of ether oxygens (including phenoxy) is 1. The van der Waals surface area contributed by atoms with Gasteiger partial charge in [0.05, 0.1) is 5.69 Å². The van der Waals surface area contributed by atoms with E-state index in [0.717, 1.165) is 6.07 Å². The monoisotopic (exact) mass is 398 g/mol. The molecule has 0 aromatic heterocycles. The van der Waals surface area contributed by atoms with E-state index in [9.17, 15) is 23.6 Å². The van der Waals surface area contributed by atoms with E-state index >= 15 is 0 Å². The van der Waals surface area contributed by atoms with Gasteiger partial charge in [-0.1, -0.05) is 24.3 Å². The zero-order chi connectivity index (χ0) is 21.1. The summed E-state index contributed by atoms with van der Waals surface area (Å²) in [6.45, 7) is 1.37. The Bertz CT molecular complexity index is 1030. The SMILES string of the molecule is CC(Oc1ccc(/C=C2/C(=O)NC(=O)N(c3ccccc3F)C2=O)cc1)C(=O)O. The molecule has 4 amide bonds. The third kappa shape index (κ3) is 4.13. The number of halogens is 1. The molecule has 1 atom stereocenters. The van der Waals surface area contributed by atoms with E-state index in [-0.39, 0.29) is 17.0 Å². The van der Waals surface area contributed by atoms with E-state index in [1.807, 2.05) is 5.32 Å². The lowest BCUT2D eigenvalue weighted by molar-refractivity contribution is -0.144. The van der Waals surface area contributed by atoms with Crippen molar-refractivity contribution in [3.8, 4) is 5.75 Å². The van der Waals surface area contributed by atoms with Crippen LogP contribution >= 0.6 is 0 Å². The number of carboxylic acids is 1. The van der Waals surface area contributed by atoms with Gasteiger partial charge < -0.3 is 9.84 Å². The average Bonchev–Trinajstić information content (AvgIpc) is 2.67. The van der Waals surface area contributed by atoms with Crippen molar-refractivity contribution in [2.45, 2.75) is 13.0 Å². The molecule has 2 N–H and O–H groups in total. The van der Waals surface area contributed by atoms with Gasteiger partial charge in [-0.3, -0.25) is 14.9 Å². The number of amides is 4. The normalized spacial score (nSPS) is 16.6. The van der Waals surface area contributed by atoms with Crippen LogP contribution in [0.5, 0.6) is 5.75 Å². The fourth-order valence-electron chi connectivity index (χ4n) is 2.57. The summed E-state index contributed by atoms with van der Waals surface area (Å²) in [5, 5.41) is 10.9. The number of nitrogens with one attached hydrogen (secondary N) is 1. The average molecular weight is 398 g/mol. The number of barbiturate groups is 1. The Hall–Kier alpha value is -4.01. The van der Waals surface area contributed by atoms with Crippen LogP contribution in [0.15, 0.2) is 54.1 Å². The van der Waals surface area contributed by atoms with Crippen LogP contribution in [-0.2, 0) is 14.4 Å². The molecule has 8 nitrogen and oxygen atoms in total. The number of benzene rings is 2. The molecular weight excluding hydrogens is 383 g/mol. The highest BCUT2D eigenvalue weighted by Gasteiger charge is 2.37. The lowest BCUT2D eigenvalue weighted by Crippen LogP contribution is -2.54. The second-order valence-electron chi connectivity index (χ2n) is 6.08. The van der Waals surface area contributed by atoms with Gasteiger partial charge in [0.25, 0.3) is 11.8 Å². The lowest BCUT2D eigenvalue weighted by Gasteiger charge is -2.26. The van der Waals surface area contributed by atoms with Crippen LogP contribution in [0.25, 0.3) is 6.08 Å². The highest BCUT2D eigenvalue weighted by Crippen LogP contribution is 2.25. The maximum absolute atomic E-state index is 14.0. The van der Waals surface area contributed by atoms with Crippen LogP contribution in [-0.4, -0.2) is 35.0 Å².